The van der Waals surface area contributed by atoms with Crippen LogP contribution < -0.4 is 10.6 Å². The van der Waals surface area contributed by atoms with E-state index in [0.717, 1.165) is 31.2 Å². The number of amides is 1. The van der Waals surface area contributed by atoms with Crippen molar-refractivity contribution in [2.75, 3.05) is 11.9 Å². The molecule has 0 spiro atoms. The van der Waals surface area contributed by atoms with Gasteiger partial charge in [-0.25, -0.2) is 9.97 Å². The number of benzene rings is 1. The molecule has 1 aromatic carbocycles. The number of anilines is 1. The van der Waals surface area contributed by atoms with Crippen LogP contribution in [0.3, 0.4) is 0 Å². The Bertz CT molecular complexity index is 823. The van der Waals surface area contributed by atoms with Crippen LogP contribution in [0.25, 0.3) is 0 Å². The van der Waals surface area contributed by atoms with Crippen LogP contribution in [0.5, 0.6) is 5.75 Å². The standard InChI is InChI=1S/C20H23N5O2/c21-12-18-23-13-17(19(25-18)24-15-4-2-1-3-5-15)20(27)22-11-10-14-6-8-16(26)9-7-14/h6-9,13,15,26H,1-5,10-11H2,(H,22,27)(H,23,24,25). The van der Waals surface area contributed by atoms with E-state index in [1.165, 1.54) is 12.6 Å². The van der Waals surface area contributed by atoms with Gasteiger partial charge in [-0.05, 0) is 37.0 Å². The lowest BCUT2D eigenvalue weighted by atomic mass is 9.95. The fourth-order valence-corrected chi connectivity index (χ4v) is 3.23. The van der Waals surface area contributed by atoms with Gasteiger partial charge in [0.05, 0.1) is 0 Å². The molecule has 1 heterocycles. The van der Waals surface area contributed by atoms with Gasteiger partial charge in [0.25, 0.3) is 5.91 Å². The van der Waals surface area contributed by atoms with E-state index in [-0.39, 0.29) is 23.5 Å². The average molecular weight is 365 g/mol. The van der Waals surface area contributed by atoms with Crippen molar-refractivity contribution in [1.29, 1.82) is 5.26 Å². The summed E-state index contributed by atoms with van der Waals surface area (Å²) in [6, 6.07) is 9.08. The largest absolute Gasteiger partial charge is 0.508 e. The molecule has 140 valence electrons. The fourth-order valence-electron chi connectivity index (χ4n) is 3.23. The quantitative estimate of drug-likeness (QED) is 0.726. The number of aromatic hydroxyl groups is 1. The van der Waals surface area contributed by atoms with E-state index in [2.05, 4.69) is 20.6 Å². The summed E-state index contributed by atoms with van der Waals surface area (Å²) in [5, 5.41) is 24.6. The fraction of sp³-hybridized carbons (Fsp3) is 0.400. The minimum Gasteiger partial charge on any atom is -0.508 e. The first kappa shape index (κ1) is 18.6. The van der Waals surface area contributed by atoms with Crippen LogP contribution in [-0.2, 0) is 6.42 Å². The zero-order valence-corrected chi connectivity index (χ0v) is 15.1. The number of nitrogens with zero attached hydrogens (tertiary/aromatic N) is 3. The third kappa shape index (κ3) is 5.17. The second-order valence-corrected chi connectivity index (χ2v) is 6.72. The second-order valence-electron chi connectivity index (χ2n) is 6.72. The molecule has 7 nitrogen and oxygen atoms in total. The maximum atomic E-state index is 12.6. The molecule has 3 rings (SSSR count). The van der Waals surface area contributed by atoms with Crippen LogP contribution in [0.4, 0.5) is 5.82 Å². The van der Waals surface area contributed by atoms with Crippen molar-refractivity contribution >= 4 is 11.7 Å². The van der Waals surface area contributed by atoms with Gasteiger partial charge in [0, 0.05) is 18.8 Å². The van der Waals surface area contributed by atoms with Gasteiger partial charge in [-0.2, -0.15) is 5.26 Å². The van der Waals surface area contributed by atoms with E-state index in [9.17, 15) is 9.90 Å². The molecule has 1 aliphatic rings. The highest BCUT2D eigenvalue weighted by Gasteiger charge is 2.19. The SMILES string of the molecule is N#Cc1ncc(C(=O)NCCc2ccc(O)cc2)c(NC2CCCCC2)n1. The van der Waals surface area contributed by atoms with Gasteiger partial charge in [0.2, 0.25) is 5.82 Å². The van der Waals surface area contributed by atoms with Crippen molar-refractivity contribution in [3.05, 3.63) is 47.4 Å². The lowest BCUT2D eigenvalue weighted by Crippen LogP contribution is -2.29. The predicted molar refractivity (Wildman–Crippen MR) is 101 cm³/mol. The van der Waals surface area contributed by atoms with Crippen molar-refractivity contribution in [3.63, 3.8) is 0 Å². The van der Waals surface area contributed by atoms with Gasteiger partial charge in [-0.1, -0.05) is 31.4 Å². The van der Waals surface area contributed by atoms with Crippen LogP contribution >= 0.6 is 0 Å². The number of carbonyl (C=O) groups excluding carboxylic acids is 1. The van der Waals surface area contributed by atoms with Crippen LogP contribution in [-0.4, -0.2) is 33.6 Å². The molecule has 1 amide bonds. The van der Waals surface area contributed by atoms with Gasteiger partial charge in [-0.15, -0.1) is 0 Å². The summed E-state index contributed by atoms with van der Waals surface area (Å²) in [7, 11) is 0. The minimum atomic E-state index is -0.267. The lowest BCUT2D eigenvalue weighted by molar-refractivity contribution is 0.0954. The Morgan fingerprint density at radius 1 is 1.22 bits per heavy atom. The van der Waals surface area contributed by atoms with Gasteiger partial charge in [0.15, 0.2) is 0 Å². The lowest BCUT2D eigenvalue weighted by Gasteiger charge is -2.24. The summed E-state index contributed by atoms with van der Waals surface area (Å²) in [5.74, 6) is 0.428. The average Bonchev–Trinajstić information content (AvgIpc) is 2.70. The summed E-state index contributed by atoms with van der Waals surface area (Å²) in [5.41, 5.74) is 1.37. The molecular weight excluding hydrogens is 342 g/mol. The Morgan fingerprint density at radius 2 is 1.96 bits per heavy atom. The maximum Gasteiger partial charge on any atom is 0.256 e. The Hall–Kier alpha value is -3.14. The second kappa shape index (κ2) is 8.99. The van der Waals surface area contributed by atoms with E-state index in [1.807, 2.05) is 18.2 Å². The molecule has 3 N–H and O–H groups in total. The molecule has 0 saturated heterocycles. The topological polar surface area (TPSA) is 111 Å². The zero-order valence-electron chi connectivity index (χ0n) is 15.1. The maximum absolute atomic E-state index is 12.6. The Balaban J connectivity index is 1.65. The van der Waals surface area contributed by atoms with Crippen LogP contribution in [0.2, 0.25) is 0 Å². The van der Waals surface area contributed by atoms with Crippen molar-refractivity contribution in [2.24, 2.45) is 0 Å². The summed E-state index contributed by atoms with van der Waals surface area (Å²) in [6.07, 6.45) is 7.67. The van der Waals surface area contributed by atoms with Crippen LogP contribution in [0.15, 0.2) is 30.5 Å². The molecule has 0 aliphatic heterocycles. The van der Waals surface area contributed by atoms with Crippen molar-refractivity contribution in [1.82, 2.24) is 15.3 Å². The van der Waals surface area contributed by atoms with Gasteiger partial charge >= 0.3 is 0 Å². The van der Waals surface area contributed by atoms with Crippen LogP contribution in [0.1, 0.15) is 53.8 Å². The number of carbonyl (C=O) groups is 1. The Labute approximate surface area is 158 Å². The van der Waals surface area contributed by atoms with Crippen molar-refractivity contribution in [2.45, 2.75) is 44.6 Å². The van der Waals surface area contributed by atoms with E-state index in [1.54, 1.807) is 12.1 Å². The number of phenols is 1. The summed E-state index contributed by atoms with van der Waals surface area (Å²) in [4.78, 5) is 20.8. The van der Waals surface area contributed by atoms with Crippen LogP contribution in [0, 0.1) is 11.3 Å². The molecule has 7 heteroatoms. The molecule has 2 aromatic rings. The number of hydrogen-bond donors (Lipinski definition) is 3. The van der Waals surface area contributed by atoms with Gasteiger partial charge < -0.3 is 15.7 Å². The molecule has 1 saturated carbocycles. The first-order valence-corrected chi connectivity index (χ1v) is 9.25. The van der Waals surface area contributed by atoms with Crippen molar-refractivity contribution in [3.8, 4) is 11.8 Å². The third-order valence-electron chi connectivity index (χ3n) is 4.71. The molecule has 0 unspecified atom stereocenters. The number of nitrogens with one attached hydrogen (secondary N) is 2. The molecule has 0 atom stereocenters. The first-order valence-electron chi connectivity index (χ1n) is 9.25. The summed E-state index contributed by atoms with van der Waals surface area (Å²) in [6.45, 7) is 0.451. The highest BCUT2D eigenvalue weighted by molar-refractivity contribution is 5.98. The molecule has 0 bridgehead atoms. The smallest absolute Gasteiger partial charge is 0.256 e. The monoisotopic (exact) mass is 365 g/mol. The number of hydrogen-bond acceptors (Lipinski definition) is 6. The number of aromatic nitrogens is 2. The Morgan fingerprint density at radius 3 is 2.67 bits per heavy atom. The summed E-state index contributed by atoms with van der Waals surface area (Å²) < 4.78 is 0. The zero-order chi connectivity index (χ0) is 19.1. The van der Waals surface area contributed by atoms with E-state index >= 15 is 0 Å². The van der Waals surface area contributed by atoms with E-state index in [4.69, 9.17) is 5.26 Å². The highest BCUT2D eigenvalue weighted by Crippen LogP contribution is 2.22. The number of phenolic OH excluding ortho intramolecular Hbond substituents is 1. The van der Waals surface area contributed by atoms with E-state index < -0.39 is 0 Å². The molecule has 1 aromatic heterocycles. The number of nitriles is 1. The molecular formula is C20H23N5O2. The minimum absolute atomic E-state index is 0.0500. The molecule has 0 radical (unpaired) electrons. The number of rotatable bonds is 6. The normalized spacial score (nSPS) is 14.3. The molecule has 27 heavy (non-hydrogen) atoms. The molecule has 1 fully saturated rings. The molecule has 1 aliphatic carbocycles. The highest BCUT2D eigenvalue weighted by atomic mass is 16.3. The van der Waals surface area contributed by atoms with Crippen molar-refractivity contribution < 1.29 is 9.90 Å². The first-order chi connectivity index (χ1) is 13.2. The summed E-state index contributed by atoms with van der Waals surface area (Å²) >= 11 is 0. The third-order valence-corrected chi connectivity index (χ3v) is 4.71. The van der Waals surface area contributed by atoms with Gasteiger partial charge in [-0.3, -0.25) is 4.79 Å². The van der Waals surface area contributed by atoms with E-state index in [0.29, 0.717) is 24.3 Å². The Kier molecular flexibility index (Phi) is 6.21. The predicted octanol–water partition coefficient (Wildman–Crippen LogP) is 2.77. The van der Waals surface area contributed by atoms with Gasteiger partial charge in [0.1, 0.15) is 23.2 Å².